The van der Waals surface area contributed by atoms with Gasteiger partial charge in [-0.25, -0.2) is 9.18 Å². The predicted molar refractivity (Wildman–Crippen MR) is 143 cm³/mol. The van der Waals surface area contributed by atoms with Crippen molar-refractivity contribution in [2.75, 3.05) is 10.6 Å². The van der Waals surface area contributed by atoms with Gasteiger partial charge in [0.15, 0.2) is 12.1 Å². The van der Waals surface area contributed by atoms with Crippen LogP contribution in [0.5, 0.6) is 0 Å². The first-order chi connectivity index (χ1) is 18.9. The highest BCUT2D eigenvalue weighted by Crippen LogP contribution is 2.35. The minimum atomic E-state index is -1.03. The Kier molecular flexibility index (Phi) is 7.31. The van der Waals surface area contributed by atoms with Gasteiger partial charge in [0.2, 0.25) is 0 Å². The molecule has 2 atom stereocenters. The second kappa shape index (κ2) is 11.1. The second-order valence-corrected chi connectivity index (χ2v) is 9.18. The third-order valence-corrected chi connectivity index (χ3v) is 6.34. The highest BCUT2D eigenvalue weighted by molar-refractivity contribution is 6.04. The summed E-state index contributed by atoms with van der Waals surface area (Å²) in [6, 6.07) is 22.1. The summed E-state index contributed by atoms with van der Waals surface area (Å²) in [6.07, 6.45) is 1.42. The van der Waals surface area contributed by atoms with E-state index in [0.29, 0.717) is 22.5 Å². The van der Waals surface area contributed by atoms with Gasteiger partial charge in [0.05, 0.1) is 12.1 Å². The van der Waals surface area contributed by atoms with Gasteiger partial charge < -0.3 is 15.4 Å². The fraction of sp³-hybridized carbons (Fsp3) is 0.133. The van der Waals surface area contributed by atoms with Crippen molar-refractivity contribution in [3.8, 4) is 0 Å². The van der Waals surface area contributed by atoms with Crippen LogP contribution in [0.25, 0.3) is 0 Å². The second-order valence-electron chi connectivity index (χ2n) is 9.18. The number of carbonyl (C=O) groups excluding carboxylic acids is 3. The summed E-state index contributed by atoms with van der Waals surface area (Å²) in [5, 5.41) is 5.58. The number of nitrogens with zero attached hydrogens (tertiary/aromatic N) is 2. The van der Waals surface area contributed by atoms with Gasteiger partial charge >= 0.3 is 6.09 Å². The number of nitrogens with one attached hydrogen (secondary N) is 2. The fourth-order valence-electron chi connectivity index (χ4n) is 4.34. The molecule has 0 saturated carbocycles. The van der Waals surface area contributed by atoms with Crippen molar-refractivity contribution in [2.45, 2.75) is 25.6 Å². The molecular formula is C30H25FN4O4. The minimum Gasteiger partial charge on any atom is -0.438 e. The minimum absolute atomic E-state index is 0.147. The molecule has 0 radical (unpaired) electrons. The predicted octanol–water partition coefficient (Wildman–Crippen LogP) is 5.48. The number of aromatic nitrogens is 1. The number of benzene rings is 3. The van der Waals surface area contributed by atoms with Gasteiger partial charge in [-0.2, -0.15) is 0 Å². The Hall–Kier alpha value is -5.05. The van der Waals surface area contributed by atoms with Crippen LogP contribution in [0.3, 0.4) is 0 Å². The average molecular weight is 525 g/mol. The average Bonchev–Trinajstić information content (AvgIpc) is 3.27. The Labute approximate surface area is 224 Å². The number of pyridine rings is 1. The molecule has 0 aliphatic carbocycles. The van der Waals surface area contributed by atoms with Crippen molar-refractivity contribution in [2.24, 2.45) is 0 Å². The standard InChI is InChI=1S/C30H25FN4O4/c1-19-7-9-20(10-8-19)18-35-26(29(37)33-24-13-11-23(31)12-14-24)27(39-30(35)38)21-4-2-6-25(16-21)34-28(36)22-5-3-15-32-17-22/h2-17,26-27H,18H2,1H3,(H,33,37)(H,34,36). The zero-order chi connectivity index (χ0) is 27.4. The topological polar surface area (TPSA) is 101 Å². The third kappa shape index (κ3) is 5.93. The molecule has 4 aromatic rings. The number of cyclic esters (lactones) is 1. The molecule has 5 rings (SSSR count). The Bertz CT molecular complexity index is 1490. The van der Waals surface area contributed by atoms with Crippen LogP contribution in [0.15, 0.2) is 97.3 Å². The van der Waals surface area contributed by atoms with Gasteiger partial charge in [-0.3, -0.25) is 19.5 Å². The quantitative estimate of drug-likeness (QED) is 0.333. The number of aryl methyl sites for hydroxylation is 1. The van der Waals surface area contributed by atoms with Crippen molar-refractivity contribution in [3.05, 3.63) is 125 Å². The van der Waals surface area contributed by atoms with Crippen molar-refractivity contribution in [1.29, 1.82) is 0 Å². The molecular weight excluding hydrogens is 499 g/mol. The molecule has 1 saturated heterocycles. The first-order valence-electron chi connectivity index (χ1n) is 12.3. The van der Waals surface area contributed by atoms with Crippen LogP contribution < -0.4 is 10.6 Å². The van der Waals surface area contributed by atoms with E-state index < -0.39 is 30.0 Å². The Balaban J connectivity index is 1.44. The van der Waals surface area contributed by atoms with Gasteiger partial charge in [0.1, 0.15) is 5.82 Å². The van der Waals surface area contributed by atoms with Crippen molar-refractivity contribution in [1.82, 2.24) is 9.88 Å². The first kappa shape index (κ1) is 25.6. The van der Waals surface area contributed by atoms with Gasteiger partial charge in [-0.15, -0.1) is 0 Å². The van der Waals surface area contributed by atoms with Crippen LogP contribution in [0.2, 0.25) is 0 Å². The maximum Gasteiger partial charge on any atom is 0.411 e. The number of carbonyl (C=O) groups is 3. The van der Waals surface area contributed by atoms with Crippen LogP contribution in [-0.4, -0.2) is 33.8 Å². The van der Waals surface area contributed by atoms with Crippen molar-refractivity contribution in [3.63, 3.8) is 0 Å². The molecule has 1 fully saturated rings. The third-order valence-electron chi connectivity index (χ3n) is 6.34. The monoisotopic (exact) mass is 524 g/mol. The summed E-state index contributed by atoms with van der Waals surface area (Å²) in [7, 11) is 0. The normalized spacial score (nSPS) is 16.5. The summed E-state index contributed by atoms with van der Waals surface area (Å²) < 4.78 is 19.1. The number of halogens is 1. The molecule has 2 unspecified atom stereocenters. The Morgan fingerprint density at radius 3 is 2.44 bits per heavy atom. The number of ether oxygens (including phenoxy) is 1. The SMILES string of the molecule is Cc1ccc(CN2C(=O)OC(c3cccc(NC(=O)c4cccnc4)c3)C2C(=O)Nc2ccc(F)cc2)cc1. The van der Waals surface area contributed by atoms with E-state index in [2.05, 4.69) is 15.6 Å². The largest absolute Gasteiger partial charge is 0.438 e. The van der Waals surface area contributed by atoms with E-state index in [9.17, 15) is 18.8 Å². The molecule has 0 bridgehead atoms. The highest BCUT2D eigenvalue weighted by Gasteiger charge is 2.47. The van der Waals surface area contributed by atoms with E-state index in [0.717, 1.165) is 11.1 Å². The first-order valence-corrected chi connectivity index (χ1v) is 12.3. The van der Waals surface area contributed by atoms with Gasteiger partial charge in [-0.05, 0) is 66.6 Å². The number of anilines is 2. The van der Waals surface area contributed by atoms with Crippen LogP contribution in [0.4, 0.5) is 20.6 Å². The molecule has 1 aromatic heterocycles. The maximum absolute atomic E-state index is 13.6. The Morgan fingerprint density at radius 1 is 0.949 bits per heavy atom. The Morgan fingerprint density at radius 2 is 1.72 bits per heavy atom. The molecule has 196 valence electrons. The lowest BCUT2D eigenvalue weighted by Crippen LogP contribution is -2.43. The van der Waals surface area contributed by atoms with Gasteiger partial charge in [0.25, 0.3) is 11.8 Å². The summed E-state index contributed by atoms with van der Waals surface area (Å²) in [6.45, 7) is 2.11. The molecule has 0 spiro atoms. The maximum atomic E-state index is 13.6. The van der Waals surface area contributed by atoms with E-state index >= 15 is 0 Å². The molecule has 2 N–H and O–H groups in total. The lowest BCUT2D eigenvalue weighted by molar-refractivity contribution is -0.121. The van der Waals surface area contributed by atoms with Crippen molar-refractivity contribution < 1.29 is 23.5 Å². The molecule has 1 aliphatic rings. The molecule has 1 aliphatic heterocycles. The van der Waals surface area contributed by atoms with E-state index in [-0.39, 0.29) is 12.5 Å². The molecule has 3 amide bonds. The van der Waals surface area contributed by atoms with Crippen molar-refractivity contribution >= 4 is 29.3 Å². The molecule has 39 heavy (non-hydrogen) atoms. The lowest BCUT2D eigenvalue weighted by Gasteiger charge is -2.24. The fourth-order valence-corrected chi connectivity index (χ4v) is 4.34. The summed E-state index contributed by atoms with van der Waals surface area (Å²) in [5.74, 6) is -1.28. The molecule has 9 heteroatoms. The van der Waals surface area contributed by atoms with Gasteiger partial charge in [0, 0.05) is 23.8 Å². The summed E-state index contributed by atoms with van der Waals surface area (Å²) in [5.41, 5.74) is 3.65. The van der Waals surface area contributed by atoms with Gasteiger partial charge in [-0.1, -0.05) is 42.0 Å². The number of hydrogen-bond donors (Lipinski definition) is 2. The van der Waals surface area contributed by atoms with E-state index in [4.69, 9.17) is 4.74 Å². The van der Waals surface area contributed by atoms with Crippen LogP contribution in [0.1, 0.15) is 33.2 Å². The number of rotatable bonds is 7. The van der Waals surface area contributed by atoms with Crippen LogP contribution in [0, 0.1) is 12.7 Å². The van der Waals surface area contributed by atoms with Crippen LogP contribution in [-0.2, 0) is 16.1 Å². The van der Waals surface area contributed by atoms with E-state index in [1.807, 2.05) is 31.2 Å². The van der Waals surface area contributed by atoms with E-state index in [1.54, 1.807) is 42.6 Å². The smallest absolute Gasteiger partial charge is 0.411 e. The lowest BCUT2D eigenvalue weighted by atomic mass is 9.99. The summed E-state index contributed by atoms with van der Waals surface area (Å²) in [4.78, 5) is 44.6. The zero-order valence-corrected chi connectivity index (χ0v) is 21.0. The molecule has 2 heterocycles. The molecule has 8 nitrogen and oxygen atoms in total. The highest BCUT2D eigenvalue weighted by atomic mass is 19.1. The number of amides is 3. The molecule has 3 aromatic carbocycles. The van der Waals surface area contributed by atoms with Crippen LogP contribution >= 0.6 is 0 Å². The summed E-state index contributed by atoms with van der Waals surface area (Å²) >= 11 is 0. The number of hydrogen-bond acceptors (Lipinski definition) is 5. The zero-order valence-electron chi connectivity index (χ0n) is 21.0. The van der Waals surface area contributed by atoms with E-state index in [1.165, 1.54) is 35.4 Å².